The number of carbonyl (C=O) groups excluding carboxylic acids is 2. The molecule has 1 aromatic carbocycles. The van der Waals surface area contributed by atoms with Crippen LogP contribution in [0.4, 0.5) is 5.69 Å². The fourth-order valence-electron chi connectivity index (χ4n) is 3.17. The number of oxime groups is 1. The molecule has 128 valence electrons. The van der Waals surface area contributed by atoms with E-state index in [0.29, 0.717) is 44.5 Å². The highest BCUT2D eigenvalue weighted by Gasteiger charge is 2.44. The van der Waals surface area contributed by atoms with Crippen LogP contribution in [-0.2, 0) is 14.4 Å². The van der Waals surface area contributed by atoms with Crippen LogP contribution < -0.4 is 5.32 Å². The molecule has 3 rings (SSSR count). The molecule has 0 aliphatic carbocycles. The third kappa shape index (κ3) is 3.58. The van der Waals surface area contributed by atoms with E-state index in [0.717, 1.165) is 12.1 Å². The molecule has 1 fully saturated rings. The van der Waals surface area contributed by atoms with Crippen molar-refractivity contribution in [3.8, 4) is 0 Å². The molecule has 24 heavy (non-hydrogen) atoms. The molecule has 2 heterocycles. The van der Waals surface area contributed by atoms with Crippen LogP contribution in [0, 0.1) is 0 Å². The first-order valence-electron chi connectivity index (χ1n) is 8.51. The minimum absolute atomic E-state index is 0.202. The van der Waals surface area contributed by atoms with Crippen molar-refractivity contribution in [2.75, 3.05) is 18.4 Å². The molecule has 6 nitrogen and oxygen atoms in total. The van der Waals surface area contributed by atoms with E-state index in [1.54, 1.807) is 0 Å². The SMILES string of the molecule is CCCC(=O)N1CCC2(CC1)CC(C(=O)Nc1ccccc1)=NO2. The monoisotopic (exact) mass is 329 g/mol. The number of nitrogens with zero attached hydrogens (tertiary/aromatic N) is 2. The normalized spacial score (nSPS) is 18.9. The van der Waals surface area contributed by atoms with Gasteiger partial charge in [0.15, 0.2) is 0 Å². The van der Waals surface area contributed by atoms with Gasteiger partial charge in [0, 0.05) is 44.5 Å². The molecular formula is C18H23N3O3. The van der Waals surface area contributed by atoms with E-state index in [2.05, 4.69) is 10.5 Å². The zero-order valence-electron chi connectivity index (χ0n) is 14.0. The quantitative estimate of drug-likeness (QED) is 0.923. The molecule has 1 aromatic rings. The maximum atomic E-state index is 12.3. The molecule has 2 aliphatic rings. The second-order valence-corrected chi connectivity index (χ2v) is 6.44. The number of amides is 2. The summed E-state index contributed by atoms with van der Waals surface area (Å²) in [5.74, 6) is -0.0177. The minimum atomic E-state index is -0.424. The first kappa shape index (κ1) is 16.5. The summed E-state index contributed by atoms with van der Waals surface area (Å²) in [5.41, 5.74) is 0.741. The standard InChI is InChI=1S/C18H23N3O3/c1-2-6-16(22)21-11-9-18(10-12-21)13-15(20-24-18)17(23)19-14-7-4-3-5-8-14/h3-5,7-8H,2,6,9-13H2,1H3,(H,19,23). The molecule has 2 aliphatic heterocycles. The van der Waals surface area contributed by atoms with Gasteiger partial charge in [-0.3, -0.25) is 9.59 Å². The van der Waals surface area contributed by atoms with E-state index in [1.807, 2.05) is 42.2 Å². The van der Waals surface area contributed by atoms with Gasteiger partial charge >= 0.3 is 0 Å². The molecule has 1 spiro atoms. The average molecular weight is 329 g/mol. The molecule has 0 aromatic heterocycles. The van der Waals surface area contributed by atoms with Crippen molar-refractivity contribution >= 4 is 23.2 Å². The largest absolute Gasteiger partial charge is 0.388 e. The van der Waals surface area contributed by atoms with Crippen molar-refractivity contribution in [2.45, 2.75) is 44.6 Å². The van der Waals surface area contributed by atoms with Crippen LogP contribution in [0.15, 0.2) is 35.5 Å². The number of para-hydroxylation sites is 1. The number of hydrogen-bond donors (Lipinski definition) is 1. The molecule has 2 amide bonds. The number of carbonyl (C=O) groups is 2. The number of anilines is 1. The second-order valence-electron chi connectivity index (χ2n) is 6.44. The highest BCUT2D eigenvalue weighted by molar-refractivity contribution is 6.43. The number of piperidine rings is 1. The maximum Gasteiger partial charge on any atom is 0.273 e. The lowest BCUT2D eigenvalue weighted by atomic mass is 9.86. The highest BCUT2D eigenvalue weighted by Crippen LogP contribution is 2.35. The van der Waals surface area contributed by atoms with Crippen molar-refractivity contribution in [3.05, 3.63) is 30.3 Å². The van der Waals surface area contributed by atoms with Gasteiger partial charge in [-0.25, -0.2) is 0 Å². The first-order valence-corrected chi connectivity index (χ1v) is 8.51. The van der Waals surface area contributed by atoms with E-state index in [1.165, 1.54) is 0 Å². The van der Waals surface area contributed by atoms with Gasteiger partial charge in [0.1, 0.15) is 11.3 Å². The lowest BCUT2D eigenvalue weighted by molar-refractivity contribution is -0.136. The smallest absolute Gasteiger partial charge is 0.273 e. The van der Waals surface area contributed by atoms with Crippen LogP contribution in [-0.4, -0.2) is 41.1 Å². The van der Waals surface area contributed by atoms with Gasteiger partial charge in [0.2, 0.25) is 5.91 Å². The van der Waals surface area contributed by atoms with Gasteiger partial charge in [-0.15, -0.1) is 0 Å². The van der Waals surface area contributed by atoms with Crippen molar-refractivity contribution in [2.24, 2.45) is 5.16 Å². The molecule has 6 heteroatoms. The summed E-state index contributed by atoms with van der Waals surface area (Å²) in [6.07, 6.45) is 3.39. The Bertz CT molecular complexity index is 634. The Labute approximate surface area is 141 Å². The molecule has 0 atom stereocenters. The summed E-state index contributed by atoms with van der Waals surface area (Å²) in [7, 11) is 0. The van der Waals surface area contributed by atoms with Crippen LogP contribution in [0.1, 0.15) is 39.0 Å². The van der Waals surface area contributed by atoms with Crippen molar-refractivity contribution < 1.29 is 14.4 Å². The third-order valence-electron chi connectivity index (χ3n) is 4.62. The Hall–Kier alpha value is -2.37. The number of hydrogen-bond acceptors (Lipinski definition) is 4. The number of likely N-dealkylation sites (tertiary alicyclic amines) is 1. The third-order valence-corrected chi connectivity index (χ3v) is 4.62. The predicted molar refractivity (Wildman–Crippen MR) is 91.7 cm³/mol. The fraction of sp³-hybridized carbons (Fsp3) is 0.500. The lowest BCUT2D eigenvalue weighted by Crippen LogP contribution is -2.47. The van der Waals surface area contributed by atoms with Crippen molar-refractivity contribution in [1.82, 2.24) is 4.90 Å². The second kappa shape index (κ2) is 7.03. The van der Waals surface area contributed by atoms with E-state index < -0.39 is 5.60 Å². The number of benzene rings is 1. The van der Waals surface area contributed by atoms with Gasteiger partial charge in [0.05, 0.1) is 0 Å². The average Bonchev–Trinajstić information content (AvgIpc) is 3.00. The van der Waals surface area contributed by atoms with Gasteiger partial charge in [-0.1, -0.05) is 30.3 Å². The number of rotatable bonds is 4. The molecule has 1 saturated heterocycles. The molecule has 0 saturated carbocycles. The maximum absolute atomic E-state index is 12.3. The Morgan fingerprint density at radius 2 is 1.96 bits per heavy atom. The van der Waals surface area contributed by atoms with Crippen molar-refractivity contribution in [3.63, 3.8) is 0 Å². The van der Waals surface area contributed by atoms with Crippen LogP contribution >= 0.6 is 0 Å². The first-order chi connectivity index (χ1) is 11.6. The zero-order chi connectivity index (χ0) is 17.0. The Kier molecular flexibility index (Phi) is 4.83. The van der Waals surface area contributed by atoms with Crippen LogP contribution in [0.2, 0.25) is 0 Å². The van der Waals surface area contributed by atoms with Gasteiger partial charge in [0.25, 0.3) is 5.91 Å². The van der Waals surface area contributed by atoms with Gasteiger partial charge in [-0.2, -0.15) is 0 Å². The van der Waals surface area contributed by atoms with E-state index in [9.17, 15) is 9.59 Å². The van der Waals surface area contributed by atoms with Crippen molar-refractivity contribution in [1.29, 1.82) is 0 Å². The summed E-state index contributed by atoms with van der Waals surface area (Å²) in [4.78, 5) is 31.8. The van der Waals surface area contributed by atoms with Gasteiger partial charge < -0.3 is 15.1 Å². The summed E-state index contributed by atoms with van der Waals surface area (Å²) < 4.78 is 0. The molecule has 0 bridgehead atoms. The van der Waals surface area contributed by atoms with E-state index in [-0.39, 0.29) is 11.8 Å². The Balaban J connectivity index is 1.53. The van der Waals surface area contributed by atoms with E-state index >= 15 is 0 Å². The van der Waals surface area contributed by atoms with Crippen LogP contribution in [0.5, 0.6) is 0 Å². The van der Waals surface area contributed by atoms with Gasteiger partial charge in [-0.05, 0) is 18.6 Å². The fourth-order valence-corrected chi connectivity index (χ4v) is 3.17. The topological polar surface area (TPSA) is 71.0 Å². The summed E-state index contributed by atoms with van der Waals surface area (Å²) in [6, 6.07) is 9.30. The molecule has 0 unspecified atom stereocenters. The number of nitrogens with one attached hydrogen (secondary N) is 1. The summed E-state index contributed by atoms with van der Waals surface area (Å²) >= 11 is 0. The summed E-state index contributed by atoms with van der Waals surface area (Å²) in [5, 5.41) is 6.85. The molecular weight excluding hydrogens is 306 g/mol. The lowest BCUT2D eigenvalue weighted by Gasteiger charge is -2.37. The molecule has 0 radical (unpaired) electrons. The zero-order valence-corrected chi connectivity index (χ0v) is 14.0. The van der Waals surface area contributed by atoms with E-state index in [4.69, 9.17) is 4.84 Å². The van der Waals surface area contributed by atoms with Crippen LogP contribution in [0.25, 0.3) is 0 Å². The molecule has 1 N–H and O–H groups in total. The summed E-state index contributed by atoms with van der Waals surface area (Å²) in [6.45, 7) is 3.35. The van der Waals surface area contributed by atoms with Crippen LogP contribution in [0.3, 0.4) is 0 Å². The minimum Gasteiger partial charge on any atom is -0.388 e. The Morgan fingerprint density at radius 1 is 1.25 bits per heavy atom. The predicted octanol–water partition coefficient (Wildman–Crippen LogP) is 2.56. The Morgan fingerprint density at radius 3 is 2.62 bits per heavy atom. The highest BCUT2D eigenvalue weighted by atomic mass is 16.7.